The fourth-order valence-corrected chi connectivity index (χ4v) is 6.08. The molecule has 11 nitrogen and oxygen atoms in total. The highest BCUT2D eigenvalue weighted by Gasteiger charge is 2.29. The lowest BCUT2D eigenvalue weighted by Gasteiger charge is -2.43. The van der Waals surface area contributed by atoms with Crippen molar-refractivity contribution in [2.75, 3.05) is 82.2 Å². The second-order valence-corrected chi connectivity index (χ2v) is 11.1. The van der Waals surface area contributed by atoms with Crippen molar-refractivity contribution < 1.29 is 14.3 Å². The number of methoxy groups -OCH3 is 1. The van der Waals surface area contributed by atoms with Crippen molar-refractivity contribution in [2.45, 2.75) is 51.1 Å². The van der Waals surface area contributed by atoms with Crippen molar-refractivity contribution in [3.63, 3.8) is 0 Å². The van der Waals surface area contributed by atoms with Gasteiger partial charge in [0.05, 0.1) is 19.0 Å². The highest BCUT2D eigenvalue weighted by atomic mass is 16.5. The second-order valence-electron chi connectivity index (χ2n) is 11.1. The molecule has 4 heterocycles. The Kier molecular flexibility index (Phi) is 9.23. The number of benzene rings is 1. The Hall–Kier alpha value is -3.15. The zero-order chi connectivity index (χ0) is 28.1. The number of nitrogens with one attached hydrogen (secondary N) is 2. The summed E-state index contributed by atoms with van der Waals surface area (Å²) in [7, 11) is 3.92. The first-order valence-electron chi connectivity index (χ1n) is 14.6. The van der Waals surface area contributed by atoms with Crippen LogP contribution in [-0.2, 0) is 11.2 Å². The molecular formula is C29H44N8O3. The van der Waals surface area contributed by atoms with Gasteiger partial charge in [0.15, 0.2) is 11.5 Å². The third kappa shape index (κ3) is 6.59. The summed E-state index contributed by atoms with van der Waals surface area (Å²) in [5.41, 5.74) is 8.88. The number of ether oxygens (including phenoxy) is 2. The van der Waals surface area contributed by atoms with E-state index in [-0.39, 0.29) is 11.7 Å². The Balaban J connectivity index is 1.33. The molecule has 0 saturated carbocycles. The molecule has 0 unspecified atom stereocenters. The van der Waals surface area contributed by atoms with Crippen LogP contribution in [0.2, 0.25) is 0 Å². The summed E-state index contributed by atoms with van der Waals surface area (Å²) in [4.78, 5) is 28.7. The number of nitrogens with two attached hydrogens (primary N) is 1. The number of primary amides is 1. The number of rotatable bonds is 9. The monoisotopic (exact) mass is 552 g/mol. The minimum atomic E-state index is -0.630. The number of hydrogen-bond donors (Lipinski definition) is 3. The van der Waals surface area contributed by atoms with Crippen molar-refractivity contribution in [3.8, 4) is 5.75 Å². The minimum Gasteiger partial charge on any atom is -0.494 e. The van der Waals surface area contributed by atoms with Gasteiger partial charge in [-0.3, -0.25) is 9.69 Å². The van der Waals surface area contributed by atoms with Gasteiger partial charge >= 0.3 is 0 Å². The van der Waals surface area contributed by atoms with Crippen LogP contribution < -0.4 is 26.0 Å². The van der Waals surface area contributed by atoms with E-state index in [1.807, 2.05) is 6.07 Å². The highest BCUT2D eigenvalue weighted by molar-refractivity contribution is 5.96. The Morgan fingerprint density at radius 2 is 1.82 bits per heavy atom. The normalized spacial score (nSPS) is 19.9. The maximum atomic E-state index is 12.2. The lowest BCUT2D eigenvalue weighted by Crippen LogP contribution is -2.52. The summed E-state index contributed by atoms with van der Waals surface area (Å²) in [5.74, 6) is 1.11. The first-order chi connectivity index (χ1) is 19.4. The molecule has 40 heavy (non-hydrogen) atoms. The predicted octanol–water partition coefficient (Wildman–Crippen LogP) is 2.70. The van der Waals surface area contributed by atoms with Gasteiger partial charge in [-0.2, -0.15) is 0 Å². The third-order valence-electron chi connectivity index (χ3n) is 8.43. The number of amides is 1. The molecule has 1 amide bonds. The first-order valence-corrected chi connectivity index (χ1v) is 14.6. The van der Waals surface area contributed by atoms with E-state index < -0.39 is 5.91 Å². The summed E-state index contributed by atoms with van der Waals surface area (Å²) in [5, 5.41) is 6.73. The van der Waals surface area contributed by atoms with Crippen LogP contribution in [0.4, 0.5) is 23.0 Å². The van der Waals surface area contributed by atoms with Crippen LogP contribution in [0.25, 0.3) is 0 Å². The number of hydrogen-bond acceptors (Lipinski definition) is 10. The molecule has 0 bridgehead atoms. The Labute approximate surface area is 237 Å². The smallest absolute Gasteiger partial charge is 0.271 e. The molecule has 1 aromatic carbocycles. The molecule has 218 valence electrons. The predicted molar refractivity (Wildman–Crippen MR) is 158 cm³/mol. The van der Waals surface area contributed by atoms with Crippen molar-refractivity contribution in [2.24, 2.45) is 5.73 Å². The molecule has 2 aromatic rings. The molecule has 5 rings (SSSR count). The van der Waals surface area contributed by atoms with Gasteiger partial charge in [0.2, 0.25) is 0 Å². The number of nitrogens with zero attached hydrogens (tertiary/aromatic N) is 5. The number of aromatic nitrogens is 2. The SMILES string of the molecule is CCc1cc(Nc2nc(NC3CCOCC3)cnc2C(N)=O)cc(OC)c1N1CCC(N2CCN(C)CC2)CC1. The average molecular weight is 553 g/mol. The first kappa shape index (κ1) is 28.4. The molecule has 4 N–H and O–H groups in total. The standard InChI is InChI=1S/C29H44N8O3/c1-4-20-17-22(33-29-26(28(30)38)31-19-25(34-29)32-21-7-15-40-16-8-21)18-24(39-3)27(20)37-9-5-23(6-10-37)36-13-11-35(2)12-14-36/h17-19,21,23H,4-16H2,1-3H3,(H2,30,38)(H2,32,33,34). The minimum absolute atomic E-state index is 0.101. The molecular weight excluding hydrogens is 508 g/mol. The number of piperazine rings is 1. The van der Waals surface area contributed by atoms with Crippen LogP contribution >= 0.6 is 0 Å². The van der Waals surface area contributed by atoms with E-state index in [1.165, 1.54) is 5.56 Å². The highest BCUT2D eigenvalue weighted by Crippen LogP contribution is 2.39. The summed E-state index contributed by atoms with van der Waals surface area (Å²) >= 11 is 0. The van der Waals surface area contributed by atoms with Crippen molar-refractivity contribution in [1.82, 2.24) is 19.8 Å². The van der Waals surface area contributed by atoms with Gasteiger partial charge in [-0.25, -0.2) is 9.97 Å². The maximum Gasteiger partial charge on any atom is 0.271 e. The van der Waals surface area contributed by atoms with Crippen molar-refractivity contribution >= 4 is 28.9 Å². The average Bonchev–Trinajstić information content (AvgIpc) is 2.97. The molecule has 3 saturated heterocycles. The number of likely N-dealkylation sites (N-methyl/N-ethyl adjacent to an activating group) is 1. The Morgan fingerprint density at radius 3 is 2.48 bits per heavy atom. The Morgan fingerprint density at radius 1 is 1.10 bits per heavy atom. The van der Waals surface area contributed by atoms with Gasteiger partial charge in [0.1, 0.15) is 11.6 Å². The van der Waals surface area contributed by atoms with E-state index in [0.29, 0.717) is 17.7 Å². The molecule has 0 atom stereocenters. The van der Waals surface area contributed by atoms with Crippen LogP contribution in [0.5, 0.6) is 5.75 Å². The fourth-order valence-electron chi connectivity index (χ4n) is 6.08. The van der Waals surface area contributed by atoms with E-state index in [1.54, 1.807) is 13.3 Å². The van der Waals surface area contributed by atoms with E-state index in [9.17, 15) is 4.79 Å². The largest absolute Gasteiger partial charge is 0.494 e. The zero-order valence-corrected chi connectivity index (χ0v) is 24.1. The van der Waals surface area contributed by atoms with Gasteiger partial charge in [-0.1, -0.05) is 6.92 Å². The van der Waals surface area contributed by atoms with Crippen molar-refractivity contribution in [1.29, 1.82) is 0 Å². The van der Waals surface area contributed by atoms with Crippen LogP contribution in [0.3, 0.4) is 0 Å². The number of carbonyl (C=O) groups is 1. The molecule has 11 heteroatoms. The molecule has 3 aliphatic rings. The summed E-state index contributed by atoms with van der Waals surface area (Å²) < 4.78 is 11.4. The zero-order valence-electron chi connectivity index (χ0n) is 24.1. The van der Waals surface area contributed by atoms with Gasteiger partial charge in [0.25, 0.3) is 5.91 Å². The van der Waals surface area contributed by atoms with E-state index in [2.05, 4.69) is 55.3 Å². The fraction of sp³-hybridized carbons (Fsp3) is 0.621. The number of piperidine rings is 1. The van der Waals surface area contributed by atoms with Gasteiger partial charge in [-0.05, 0) is 50.8 Å². The van der Waals surface area contributed by atoms with Crippen LogP contribution in [-0.4, -0.2) is 104 Å². The van der Waals surface area contributed by atoms with Crippen LogP contribution in [0.1, 0.15) is 48.7 Å². The van der Waals surface area contributed by atoms with E-state index >= 15 is 0 Å². The molecule has 3 aliphatic heterocycles. The summed E-state index contributed by atoms with van der Waals surface area (Å²) in [6.45, 7) is 10.2. The number of carbonyl (C=O) groups excluding carboxylic acids is 1. The molecule has 3 fully saturated rings. The molecule has 0 radical (unpaired) electrons. The molecule has 0 spiro atoms. The summed E-state index contributed by atoms with van der Waals surface area (Å²) in [6.07, 6.45) is 6.51. The van der Waals surface area contributed by atoms with Crippen LogP contribution in [0, 0.1) is 0 Å². The number of anilines is 4. The topological polar surface area (TPSA) is 121 Å². The third-order valence-corrected chi connectivity index (χ3v) is 8.43. The molecule has 1 aromatic heterocycles. The Bertz CT molecular complexity index is 1130. The van der Waals surface area contributed by atoms with E-state index in [4.69, 9.17) is 15.2 Å². The van der Waals surface area contributed by atoms with Crippen molar-refractivity contribution in [3.05, 3.63) is 29.6 Å². The van der Waals surface area contributed by atoms with E-state index in [0.717, 1.165) is 102 Å². The second kappa shape index (κ2) is 13.0. The lowest BCUT2D eigenvalue weighted by atomic mass is 9.99. The molecule has 0 aliphatic carbocycles. The van der Waals surface area contributed by atoms with Gasteiger partial charge in [0, 0.05) is 76.3 Å². The van der Waals surface area contributed by atoms with Crippen LogP contribution in [0.15, 0.2) is 18.3 Å². The lowest BCUT2D eigenvalue weighted by molar-refractivity contribution is 0.0904. The quantitative estimate of drug-likeness (QED) is 0.428. The van der Waals surface area contributed by atoms with Gasteiger partial charge in [-0.15, -0.1) is 0 Å². The number of aryl methyl sites for hydroxylation is 1. The van der Waals surface area contributed by atoms with Gasteiger partial charge < -0.3 is 35.6 Å². The maximum absolute atomic E-state index is 12.2. The summed E-state index contributed by atoms with van der Waals surface area (Å²) in [6, 6.07) is 5.00.